The number of likely N-dealkylation sites (tertiary alicyclic amines) is 1. The van der Waals surface area contributed by atoms with Gasteiger partial charge in [-0.05, 0) is 42.4 Å². The monoisotopic (exact) mass is 360 g/mol. The van der Waals surface area contributed by atoms with E-state index in [-0.39, 0.29) is 5.82 Å². The molecule has 1 spiro atoms. The molecular formula is C20H29FN4O. The number of nitrogens with one attached hydrogen (secondary N) is 1. The maximum atomic E-state index is 14.5. The van der Waals surface area contributed by atoms with Crippen LogP contribution in [-0.4, -0.2) is 57.3 Å². The molecule has 5 nitrogen and oxygen atoms in total. The summed E-state index contributed by atoms with van der Waals surface area (Å²) in [5.41, 5.74) is 2.16. The zero-order valence-electron chi connectivity index (χ0n) is 15.6. The topological polar surface area (TPSA) is 40.1 Å². The lowest BCUT2D eigenvalue weighted by atomic mass is 9.68. The zero-order chi connectivity index (χ0) is 18.0. The number of guanidine groups is 1. The molecule has 4 rings (SSSR count). The van der Waals surface area contributed by atoms with Gasteiger partial charge in [0, 0.05) is 39.8 Å². The SMILES string of the molecule is CN=C(NCc1ccc(N2CCOCC2)c(F)c1)N1CCC2(CCC2)C1. The van der Waals surface area contributed by atoms with E-state index in [0.717, 1.165) is 37.7 Å². The van der Waals surface area contributed by atoms with Crippen LogP contribution in [0.15, 0.2) is 23.2 Å². The van der Waals surface area contributed by atoms with Gasteiger partial charge >= 0.3 is 0 Å². The molecule has 2 saturated heterocycles. The summed E-state index contributed by atoms with van der Waals surface area (Å²) >= 11 is 0. The molecule has 3 fully saturated rings. The second-order valence-electron chi connectivity index (χ2n) is 7.81. The molecule has 1 aromatic carbocycles. The number of aliphatic imine (C=N–C) groups is 1. The normalized spacial score (nSPS) is 22.6. The summed E-state index contributed by atoms with van der Waals surface area (Å²) in [7, 11) is 1.83. The lowest BCUT2D eigenvalue weighted by Crippen LogP contribution is -2.42. The highest BCUT2D eigenvalue weighted by Crippen LogP contribution is 2.47. The number of morpholine rings is 1. The van der Waals surface area contributed by atoms with Gasteiger partial charge in [0.1, 0.15) is 5.82 Å². The van der Waals surface area contributed by atoms with Crippen molar-refractivity contribution in [1.82, 2.24) is 10.2 Å². The number of anilines is 1. The van der Waals surface area contributed by atoms with Crippen molar-refractivity contribution >= 4 is 11.6 Å². The molecule has 1 aromatic rings. The maximum Gasteiger partial charge on any atom is 0.193 e. The molecule has 0 atom stereocenters. The number of halogens is 1. The van der Waals surface area contributed by atoms with Gasteiger partial charge in [-0.3, -0.25) is 4.99 Å². The van der Waals surface area contributed by atoms with E-state index in [2.05, 4.69) is 20.1 Å². The minimum Gasteiger partial charge on any atom is -0.378 e. The number of rotatable bonds is 3. The molecule has 2 heterocycles. The van der Waals surface area contributed by atoms with Gasteiger partial charge in [-0.25, -0.2) is 4.39 Å². The summed E-state index contributed by atoms with van der Waals surface area (Å²) in [6.45, 7) is 5.60. The standard InChI is InChI=1S/C20H29FN4O/c1-22-19(25-8-7-20(15-25)5-2-6-20)23-14-16-3-4-18(17(21)13-16)24-9-11-26-12-10-24/h3-4,13H,2,5-12,14-15H2,1H3,(H,22,23). The van der Waals surface area contributed by atoms with E-state index >= 15 is 0 Å². The molecule has 1 saturated carbocycles. The maximum absolute atomic E-state index is 14.5. The Labute approximate surface area is 155 Å². The van der Waals surface area contributed by atoms with Crippen molar-refractivity contribution in [3.63, 3.8) is 0 Å². The van der Waals surface area contributed by atoms with Crippen LogP contribution in [0, 0.1) is 11.2 Å². The molecular weight excluding hydrogens is 331 g/mol. The number of ether oxygens (including phenoxy) is 1. The van der Waals surface area contributed by atoms with Gasteiger partial charge in [0.25, 0.3) is 0 Å². The smallest absolute Gasteiger partial charge is 0.193 e. The van der Waals surface area contributed by atoms with E-state index in [4.69, 9.17) is 4.74 Å². The van der Waals surface area contributed by atoms with Crippen LogP contribution in [0.4, 0.5) is 10.1 Å². The van der Waals surface area contributed by atoms with Gasteiger partial charge in [0.05, 0.1) is 18.9 Å². The molecule has 0 aromatic heterocycles. The molecule has 26 heavy (non-hydrogen) atoms. The van der Waals surface area contributed by atoms with E-state index in [1.54, 1.807) is 6.07 Å². The summed E-state index contributed by atoms with van der Waals surface area (Å²) in [5.74, 6) is 0.780. The van der Waals surface area contributed by atoms with Crippen LogP contribution in [0.1, 0.15) is 31.2 Å². The summed E-state index contributed by atoms with van der Waals surface area (Å²) in [6, 6.07) is 5.54. The van der Waals surface area contributed by atoms with Crippen LogP contribution in [0.2, 0.25) is 0 Å². The first-order valence-corrected chi connectivity index (χ1v) is 9.76. The molecule has 1 N–H and O–H groups in total. The van der Waals surface area contributed by atoms with Gasteiger partial charge < -0.3 is 19.9 Å². The predicted octanol–water partition coefficient (Wildman–Crippen LogP) is 2.61. The Morgan fingerprint density at radius 2 is 2.04 bits per heavy atom. The van der Waals surface area contributed by atoms with Crippen molar-refractivity contribution in [3.8, 4) is 0 Å². The lowest BCUT2D eigenvalue weighted by molar-refractivity contribution is 0.122. The number of nitrogens with zero attached hydrogens (tertiary/aromatic N) is 3. The largest absolute Gasteiger partial charge is 0.378 e. The molecule has 1 aliphatic carbocycles. The fraction of sp³-hybridized carbons (Fsp3) is 0.650. The lowest BCUT2D eigenvalue weighted by Gasteiger charge is -2.38. The highest BCUT2D eigenvalue weighted by atomic mass is 19.1. The average Bonchev–Trinajstić information content (AvgIpc) is 3.09. The van der Waals surface area contributed by atoms with E-state index in [9.17, 15) is 4.39 Å². The van der Waals surface area contributed by atoms with Crippen LogP contribution in [0.5, 0.6) is 0 Å². The summed E-state index contributed by atoms with van der Waals surface area (Å²) < 4.78 is 19.9. The second-order valence-corrected chi connectivity index (χ2v) is 7.81. The number of benzene rings is 1. The first-order chi connectivity index (χ1) is 12.7. The van der Waals surface area contributed by atoms with Crippen molar-refractivity contribution in [3.05, 3.63) is 29.6 Å². The Morgan fingerprint density at radius 3 is 2.65 bits per heavy atom. The van der Waals surface area contributed by atoms with E-state index in [1.165, 1.54) is 25.7 Å². The average molecular weight is 360 g/mol. The molecule has 6 heteroatoms. The van der Waals surface area contributed by atoms with Gasteiger partial charge in [-0.15, -0.1) is 0 Å². The van der Waals surface area contributed by atoms with E-state index in [0.29, 0.717) is 30.9 Å². The van der Waals surface area contributed by atoms with E-state index < -0.39 is 0 Å². The third-order valence-corrected chi connectivity index (χ3v) is 6.18. The highest BCUT2D eigenvalue weighted by molar-refractivity contribution is 5.80. The third-order valence-electron chi connectivity index (χ3n) is 6.18. The van der Waals surface area contributed by atoms with Crippen molar-refractivity contribution in [2.75, 3.05) is 51.3 Å². The summed E-state index contributed by atoms with van der Waals surface area (Å²) in [4.78, 5) is 8.85. The Hall–Kier alpha value is -1.82. The molecule has 0 amide bonds. The Bertz CT molecular complexity index is 668. The molecule has 142 valence electrons. The molecule has 3 aliphatic rings. The fourth-order valence-electron chi connectivity index (χ4n) is 4.44. The Morgan fingerprint density at radius 1 is 1.23 bits per heavy atom. The molecule has 0 unspecified atom stereocenters. The molecule has 0 radical (unpaired) electrons. The highest BCUT2D eigenvalue weighted by Gasteiger charge is 2.43. The van der Waals surface area contributed by atoms with Gasteiger partial charge in [-0.1, -0.05) is 12.5 Å². The zero-order valence-corrected chi connectivity index (χ0v) is 15.6. The second kappa shape index (κ2) is 7.43. The first-order valence-electron chi connectivity index (χ1n) is 9.76. The van der Waals surface area contributed by atoms with Gasteiger partial charge in [0.2, 0.25) is 0 Å². The summed E-state index contributed by atoms with van der Waals surface area (Å²) in [5, 5.41) is 3.42. The third kappa shape index (κ3) is 3.52. The predicted molar refractivity (Wildman–Crippen MR) is 102 cm³/mol. The quantitative estimate of drug-likeness (QED) is 0.664. The van der Waals surface area contributed by atoms with Crippen LogP contribution in [0.25, 0.3) is 0 Å². The minimum atomic E-state index is -0.157. The summed E-state index contributed by atoms with van der Waals surface area (Å²) in [6.07, 6.45) is 5.36. The Balaban J connectivity index is 1.35. The number of hydrogen-bond acceptors (Lipinski definition) is 3. The molecule has 0 bridgehead atoms. The van der Waals surface area contributed by atoms with Crippen molar-refractivity contribution in [2.45, 2.75) is 32.2 Å². The van der Waals surface area contributed by atoms with Gasteiger partial charge in [-0.2, -0.15) is 0 Å². The van der Waals surface area contributed by atoms with Crippen LogP contribution >= 0.6 is 0 Å². The molecule has 2 aliphatic heterocycles. The Kier molecular flexibility index (Phi) is 5.02. The van der Waals surface area contributed by atoms with Gasteiger partial charge in [0.15, 0.2) is 5.96 Å². The van der Waals surface area contributed by atoms with Crippen LogP contribution in [0.3, 0.4) is 0 Å². The van der Waals surface area contributed by atoms with Crippen LogP contribution in [-0.2, 0) is 11.3 Å². The van der Waals surface area contributed by atoms with Crippen LogP contribution < -0.4 is 10.2 Å². The minimum absolute atomic E-state index is 0.157. The van der Waals surface area contributed by atoms with Crippen molar-refractivity contribution < 1.29 is 9.13 Å². The fourth-order valence-corrected chi connectivity index (χ4v) is 4.44. The van der Waals surface area contributed by atoms with E-state index in [1.807, 2.05) is 19.2 Å². The number of hydrogen-bond donors (Lipinski definition) is 1. The first kappa shape index (κ1) is 17.6. The van der Waals surface area contributed by atoms with Crippen molar-refractivity contribution in [1.29, 1.82) is 0 Å². The van der Waals surface area contributed by atoms with Crippen molar-refractivity contribution in [2.24, 2.45) is 10.4 Å².